The molecule has 2 saturated carbocycles. The minimum Gasteiger partial charge on any atom is -0.481 e. The highest BCUT2D eigenvalue weighted by Gasteiger charge is 2.42. The molecule has 0 aromatic rings. The molecule has 2 rings (SSSR count). The lowest BCUT2D eigenvalue weighted by atomic mass is 9.78. The van der Waals surface area contributed by atoms with Gasteiger partial charge >= 0.3 is 23.9 Å². The van der Waals surface area contributed by atoms with E-state index in [-0.39, 0.29) is 19.3 Å². The van der Waals surface area contributed by atoms with Gasteiger partial charge in [0.1, 0.15) is 0 Å². The number of esters is 2. The van der Waals surface area contributed by atoms with Gasteiger partial charge in [0.15, 0.2) is 0 Å². The monoisotopic (exact) mass is 442 g/mol. The van der Waals surface area contributed by atoms with Gasteiger partial charge in [0, 0.05) is 6.42 Å². The molecule has 0 aliphatic heterocycles. The fourth-order valence-corrected chi connectivity index (χ4v) is 4.55. The molecule has 6 atom stereocenters. The minimum atomic E-state index is -1.18. The number of carboxylic acid groups (broad SMARTS) is 2. The molecule has 2 aliphatic carbocycles. The zero-order valence-corrected chi connectivity index (χ0v) is 18.0. The van der Waals surface area contributed by atoms with Crippen molar-refractivity contribution >= 4 is 23.9 Å². The Kier molecular flexibility index (Phi) is 9.74. The third-order valence-corrected chi connectivity index (χ3v) is 6.37. The smallest absolute Gasteiger partial charge is 0.312 e. The van der Waals surface area contributed by atoms with E-state index < -0.39 is 59.9 Å². The van der Waals surface area contributed by atoms with Gasteiger partial charge in [0.2, 0.25) is 6.29 Å². The van der Waals surface area contributed by atoms with Gasteiger partial charge in [-0.05, 0) is 38.5 Å². The molecule has 0 saturated heterocycles. The van der Waals surface area contributed by atoms with Gasteiger partial charge < -0.3 is 24.8 Å². The highest BCUT2D eigenvalue weighted by atomic mass is 16.7. The lowest BCUT2D eigenvalue weighted by Crippen LogP contribution is -2.41. The number of aliphatic hydroxyl groups excluding tert-OH is 1. The Morgan fingerprint density at radius 1 is 0.806 bits per heavy atom. The lowest BCUT2D eigenvalue weighted by molar-refractivity contribution is -0.201. The first-order chi connectivity index (χ1) is 14.7. The average Bonchev–Trinajstić information content (AvgIpc) is 2.73. The maximum Gasteiger partial charge on any atom is 0.312 e. The second-order valence-electron chi connectivity index (χ2n) is 8.65. The Labute approximate surface area is 182 Å². The Balaban J connectivity index is 2.06. The fourth-order valence-electron chi connectivity index (χ4n) is 4.55. The molecule has 0 amide bonds. The molecule has 0 aromatic carbocycles. The first kappa shape index (κ1) is 25.1. The van der Waals surface area contributed by atoms with Crippen LogP contribution in [0.4, 0.5) is 0 Å². The second kappa shape index (κ2) is 12.0. The Bertz CT molecular complexity index is 647. The van der Waals surface area contributed by atoms with E-state index in [2.05, 4.69) is 0 Å². The second-order valence-corrected chi connectivity index (χ2v) is 8.65. The number of carboxylic acids is 2. The van der Waals surface area contributed by atoms with E-state index in [0.717, 1.165) is 25.7 Å². The standard InChI is InChI=1S/C22H34O9/c1-2-3-4-9-18(30-21(28)15-8-6-5-7-14(15)19(24)25)31-22(29)16-11-10-13(23)12-17(16)20(26)27/h13-18,23H,2-12H2,1H3,(H,24,25)(H,26,27). The predicted molar refractivity (Wildman–Crippen MR) is 108 cm³/mol. The van der Waals surface area contributed by atoms with Gasteiger partial charge in [0.05, 0.1) is 29.8 Å². The molecule has 2 aliphatic rings. The van der Waals surface area contributed by atoms with Gasteiger partial charge in [0.25, 0.3) is 0 Å². The van der Waals surface area contributed by atoms with Crippen LogP contribution in [0, 0.1) is 23.7 Å². The Morgan fingerprint density at radius 2 is 1.35 bits per heavy atom. The highest BCUT2D eigenvalue weighted by Crippen LogP contribution is 2.34. The van der Waals surface area contributed by atoms with Crippen molar-refractivity contribution < 1.29 is 44.0 Å². The number of unbranched alkanes of at least 4 members (excludes halogenated alkanes) is 2. The van der Waals surface area contributed by atoms with E-state index in [9.17, 15) is 34.5 Å². The summed E-state index contributed by atoms with van der Waals surface area (Å²) in [5, 5.41) is 28.6. The lowest BCUT2D eigenvalue weighted by Gasteiger charge is -2.32. The van der Waals surface area contributed by atoms with Crippen LogP contribution >= 0.6 is 0 Å². The number of ether oxygens (including phenoxy) is 2. The topological polar surface area (TPSA) is 147 Å². The summed E-state index contributed by atoms with van der Waals surface area (Å²) >= 11 is 0. The van der Waals surface area contributed by atoms with Crippen molar-refractivity contribution in [2.45, 2.75) is 89.9 Å². The summed E-state index contributed by atoms with van der Waals surface area (Å²) in [4.78, 5) is 48.5. The zero-order valence-electron chi connectivity index (χ0n) is 18.0. The largest absolute Gasteiger partial charge is 0.481 e. The molecule has 31 heavy (non-hydrogen) atoms. The van der Waals surface area contributed by atoms with Crippen LogP contribution in [0.2, 0.25) is 0 Å². The predicted octanol–water partition coefficient (Wildman–Crippen LogP) is 2.73. The van der Waals surface area contributed by atoms with Crippen LogP contribution in [0.1, 0.15) is 77.6 Å². The number of aliphatic hydroxyl groups is 1. The normalized spacial score (nSPS) is 29.5. The van der Waals surface area contributed by atoms with Crippen LogP contribution in [0.3, 0.4) is 0 Å². The van der Waals surface area contributed by atoms with Crippen molar-refractivity contribution in [2.75, 3.05) is 0 Å². The molecule has 0 bridgehead atoms. The maximum absolute atomic E-state index is 12.7. The number of aliphatic carboxylic acids is 2. The molecular formula is C22H34O9. The summed E-state index contributed by atoms with van der Waals surface area (Å²) in [7, 11) is 0. The molecule has 9 nitrogen and oxygen atoms in total. The molecule has 176 valence electrons. The van der Waals surface area contributed by atoms with Crippen LogP contribution in [0.25, 0.3) is 0 Å². The highest BCUT2D eigenvalue weighted by molar-refractivity contribution is 5.82. The van der Waals surface area contributed by atoms with Gasteiger partial charge in [-0.1, -0.05) is 32.6 Å². The molecule has 9 heteroatoms. The third kappa shape index (κ3) is 7.19. The van der Waals surface area contributed by atoms with Crippen LogP contribution in [0.5, 0.6) is 0 Å². The average molecular weight is 443 g/mol. The van der Waals surface area contributed by atoms with Gasteiger partial charge in [-0.2, -0.15) is 0 Å². The summed E-state index contributed by atoms with van der Waals surface area (Å²) in [5.74, 6) is -7.23. The quantitative estimate of drug-likeness (QED) is 0.264. The Hall–Kier alpha value is -2.16. The summed E-state index contributed by atoms with van der Waals surface area (Å²) in [6, 6.07) is 0. The number of carbonyl (C=O) groups excluding carboxylic acids is 2. The first-order valence-corrected chi connectivity index (χ1v) is 11.3. The molecule has 0 heterocycles. The van der Waals surface area contributed by atoms with E-state index in [1.165, 1.54) is 0 Å². The van der Waals surface area contributed by atoms with Gasteiger partial charge in [-0.25, -0.2) is 0 Å². The van der Waals surface area contributed by atoms with E-state index in [4.69, 9.17) is 9.47 Å². The molecule has 0 spiro atoms. The van der Waals surface area contributed by atoms with Crippen molar-refractivity contribution in [1.29, 1.82) is 0 Å². The van der Waals surface area contributed by atoms with E-state index in [0.29, 0.717) is 25.7 Å². The number of rotatable bonds is 10. The fraction of sp³-hybridized carbons (Fsp3) is 0.818. The minimum absolute atomic E-state index is 0.0300. The summed E-state index contributed by atoms with van der Waals surface area (Å²) in [5.41, 5.74) is 0. The van der Waals surface area contributed by atoms with Gasteiger partial charge in [-0.3, -0.25) is 19.2 Å². The Morgan fingerprint density at radius 3 is 1.90 bits per heavy atom. The van der Waals surface area contributed by atoms with E-state index >= 15 is 0 Å². The van der Waals surface area contributed by atoms with Crippen molar-refractivity contribution in [1.82, 2.24) is 0 Å². The summed E-state index contributed by atoms with van der Waals surface area (Å²) < 4.78 is 10.9. The van der Waals surface area contributed by atoms with E-state index in [1.54, 1.807) is 0 Å². The van der Waals surface area contributed by atoms with Crippen molar-refractivity contribution in [3.63, 3.8) is 0 Å². The SMILES string of the molecule is CCCCCC(OC(=O)C1CCCCC1C(=O)O)OC(=O)C1CCC(O)CC1C(=O)O. The van der Waals surface area contributed by atoms with Crippen molar-refractivity contribution in [3.05, 3.63) is 0 Å². The third-order valence-electron chi connectivity index (χ3n) is 6.37. The first-order valence-electron chi connectivity index (χ1n) is 11.3. The van der Waals surface area contributed by atoms with Crippen molar-refractivity contribution in [3.8, 4) is 0 Å². The number of hydrogen-bond donors (Lipinski definition) is 3. The molecular weight excluding hydrogens is 408 g/mol. The molecule has 0 aromatic heterocycles. The summed E-state index contributed by atoms with van der Waals surface area (Å²) in [6.45, 7) is 2.00. The zero-order chi connectivity index (χ0) is 23.0. The van der Waals surface area contributed by atoms with Crippen LogP contribution < -0.4 is 0 Å². The number of carbonyl (C=O) groups is 4. The van der Waals surface area contributed by atoms with Crippen LogP contribution in [0.15, 0.2) is 0 Å². The molecule has 2 fully saturated rings. The van der Waals surface area contributed by atoms with Crippen LogP contribution in [-0.4, -0.2) is 51.6 Å². The molecule has 6 unspecified atom stereocenters. The van der Waals surface area contributed by atoms with Crippen molar-refractivity contribution in [2.24, 2.45) is 23.7 Å². The molecule has 0 radical (unpaired) electrons. The number of hydrogen-bond acceptors (Lipinski definition) is 7. The molecule has 3 N–H and O–H groups in total. The maximum atomic E-state index is 12.7. The van der Waals surface area contributed by atoms with Crippen LogP contribution in [-0.2, 0) is 28.7 Å². The van der Waals surface area contributed by atoms with Gasteiger partial charge in [-0.15, -0.1) is 0 Å². The van der Waals surface area contributed by atoms with E-state index in [1.807, 2.05) is 6.92 Å². The summed E-state index contributed by atoms with van der Waals surface area (Å²) in [6.07, 6.45) is 3.41.